The number of nitrogens with zero attached hydrogens (tertiary/aromatic N) is 1. The van der Waals surface area contributed by atoms with Gasteiger partial charge < -0.3 is 15.4 Å². The van der Waals surface area contributed by atoms with Crippen LogP contribution >= 0.6 is 0 Å². The number of ether oxygens (including phenoxy) is 1. The first-order valence-corrected chi connectivity index (χ1v) is 9.88. The lowest BCUT2D eigenvalue weighted by molar-refractivity contribution is -0.123. The van der Waals surface area contributed by atoms with Crippen molar-refractivity contribution in [2.45, 2.75) is 38.1 Å². The molecule has 4 rings (SSSR count). The summed E-state index contributed by atoms with van der Waals surface area (Å²) in [6.07, 6.45) is 6.34. The second kappa shape index (κ2) is 8.33. The number of amides is 2. The van der Waals surface area contributed by atoms with Gasteiger partial charge in [0, 0.05) is 17.4 Å². The maximum absolute atomic E-state index is 12.5. The number of hydrogen-bond donors (Lipinski definition) is 2. The Labute approximate surface area is 164 Å². The van der Waals surface area contributed by atoms with Gasteiger partial charge in [-0.1, -0.05) is 31.4 Å². The zero-order chi connectivity index (χ0) is 19.3. The van der Waals surface area contributed by atoms with Gasteiger partial charge in [0.15, 0.2) is 6.61 Å². The fourth-order valence-corrected chi connectivity index (χ4v) is 3.80. The van der Waals surface area contributed by atoms with Gasteiger partial charge >= 0.3 is 0 Å². The van der Waals surface area contributed by atoms with Crippen LogP contribution in [0.25, 0.3) is 0 Å². The number of anilines is 3. The lowest BCUT2D eigenvalue weighted by Gasteiger charge is -2.28. The van der Waals surface area contributed by atoms with Gasteiger partial charge in [0.25, 0.3) is 5.91 Å². The molecule has 146 valence electrons. The number of fused-ring (bicyclic) bond motifs is 1. The SMILES string of the molecule is O=C(CN1C(=O)COc2ccccc21)Nc1ccc(NC2CCCCC2)cc1. The molecular weight excluding hydrogens is 354 g/mol. The van der Waals surface area contributed by atoms with Crippen molar-refractivity contribution in [1.29, 1.82) is 0 Å². The van der Waals surface area contributed by atoms with Gasteiger partial charge in [-0.2, -0.15) is 0 Å². The normalized spacial score (nSPS) is 16.9. The lowest BCUT2D eigenvalue weighted by atomic mass is 9.95. The molecule has 2 aromatic carbocycles. The molecule has 0 unspecified atom stereocenters. The van der Waals surface area contributed by atoms with E-state index in [0.717, 1.165) is 5.69 Å². The average molecular weight is 379 g/mol. The molecule has 1 aliphatic carbocycles. The van der Waals surface area contributed by atoms with Crippen molar-refractivity contribution in [2.24, 2.45) is 0 Å². The summed E-state index contributed by atoms with van der Waals surface area (Å²) in [5, 5.41) is 6.43. The summed E-state index contributed by atoms with van der Waals surface area (Å²) in [7, 11) is 0. The summed E-state index contributed by atoms with van der Waals surface area (Å²) >= 11 is 0. The van der Waals surface area contributed by atoms with Crippen LogP contribution < -0.4 is 20.3 Å². The lowest BCUT2D eigenvalue weighted by Crippen LogP contribution is -2.43. The monoisotopic (exact) mass is 379 g/mol. The van der Waals surface area contributed by atoms with Crippen LogP contribution in [-0.2, 0) is 9.59 Å². The molecule has 2 N–H and O–H groups in total. The van der Waals surface area contributed by atoms with E-state index in [1.807, 2.05) is 36.4 Å². The summed E-state index contributed by atoms with van der Waals surface area (Å²) in [5.41, 5.74) is 2.41. The fraction of sp³-hybridized carbons (Fsp3) is 0.364. The Kier molecular flexibility index (Phi) is 5.46. The van der Waals surface area contributed by atoms with Crippen molar-refractivity contribution in [2.75, 3.05) is 28.7 Å². The quantitative estimate of drug-likeness (QED) is 0.829. The van der Waals surface area contributed by atoms with E-state index in [9.17, 15) is 9.59 Å². The van der Waals surface area contributed by atoms with Gasteiger partial charge in [-0.15, -0.1) is 0 Å². The Bertz CT molecular complexity index is 844. The van der Waals surface area contributed by atoms with Crippen molar-refractivity contribution in [3.8, 4) is 5.75 Å². The molecular formula is C22H25N3O3. The molecule has 6 nitrogen and oxygen atoms in total. The van der Waals surface area contributed by atoms with Crippen molar-refractivity contribution in [3.63, 3.8) is 0 Å². The van der Waals surface area contributed by atoms with E-state index in [0.29, 0.717) is 23.2 Å². The van der Waals surface area contributed by atoms with E-state index in [1.54, 1.807) is 12.1 Å². The van der Waals surface area contributed by atoms with E-state index in [4.69, 9.17) is 4.74 Å². The second-order valence-corrected chi connectivity index (χ2v) is 7.34. The molecule has 0 atom stereocenters. The zero-order valence-corrected chi connectivity index (χ0v) is 15.8. The Morgan fingerprint density at radius 2 is 1.71 bits per heavy atom. The number of nitrogens with one attached hydrogen (secondary N) is 2. The van der Waals surface area contributed by atoms with Gasteiger partial charge in [-0.25, -0.2) is 0 Å². The number of hydrogen-bond acceptors (Lipinski definition) is 4. The van der Waals surface area contributed by atoms with Crippen molar-refractivity contribution in [1.82, 2.24) is 0 Å². The minimum atomic E-state index is -0.238. The van der Waals surface area contributed by atoms with E-state index in [-0.39, 0.29) is 25.0 Å². The molecule has 1 saturated carbocycles. The third-order valence-corrected chi connectivity index (χ3v) is 5.25. The minimum absolute atomic E-state index is 0.0404. The first kappa shape index (κ1) is 18.3. The Hall–Kier alpha value is -3.02. The van der Waals surface area contributed by atoms with E-state index in [2.05, 4.69) is 10.6 Å². The number of carbonyl (C=O) groups is 2. The highest BCUT2D eigenvalue weighted by molar-refractivity contribution is 6.04. The van der Waals surface area contributed by atoms with E-state index in [1.165, 1.54) is 37.0 Å². The van der Waals surface area contributed by atoms with Crippen LogP contribution in [0.2, 0.25) is 0 Å². The molecule has 2 aromatic rings. The van der Waals surface area contributed by atoms with Gasteiger partial charge in [0.1, 0.15) is 12.3 Å². The van der Waals surface area contributed by atoms with Crippen LogP contribution in [-0.4, -0.2) is 31.0 Å². The highest BCUT2D eigenvalue weighted by Gasteiger charge is 2.26. The molecule has 1 aliphatic heterocycles. The smallest absolute Gasteiger partial charge is 0.265 e. The van der Waals surface area contributed by atoms with Crippen molar-refractivity contribution < 1.29 is 14.3 Å². The zero-order valence-electron chi connectivity index (χ0n) is 15.8. The Balaban J connectivity index is 1.35. The summed E-state index contributed by atoms with van der Waals surface area (Å²) in [6, 6.07) is 15.5. The summed E-state index contributed by atoms with van der Waals surface area (Å²) in [4.78, 5) is 26.1. The van der Waals surface area contributed by atoms with Crippen molar-refractivity contribution in [3.05, 3.63) is 48.5 Å². The Morgan fingerprint density at radius 3 is 2.50 bits per heavy atom. The van der Waals surface area contributed by atoms with Crippen LogP contribution in [0, 0.1) is 0 Å². The van der Waals surface area contributed by atoms with Crippen LogP contribution in [0.4, 0.5) is 17.1 Å². The molecule has 2 amide bonds. The molecule has 0 radical (unpaired) electrons. The predicted octanol–water partition coefficient (Wildman–Crippen LogP) is 3.80. The molecule has 1 fully saturated rings. The average Bonchev–Trinajstić information content (AvgIpc) is 2.72. The van der Waals surface area contributed by atoms with Crippen LogP contribution in [0.3, 0.4) is 0 Å². The fourth-order valence-electron chi connectivity index (χ4n) is 3.80. The molecule has 0 aromatic heterocycles. The van der Waals surface area contributed by atoms with Gasteiger partial charge in [0.05, 0.1) is 5.69 Å². The third-order valence-electron chi connectivity index (χ3n) is 5.25. The highest BCUT2D eigenvalue weighted by atomic mass is 16.5. The van der Waals surface area contributed by atoms with Crippen LogP contribution in [0.1, 0.15) is 32.1 Å². The molecule has 1 heterocycles. The standard InChI is InChI=1S/C22H25N3O3/c26-21(14-25-19-8-4-5-9-20(19)28-15-22(25)27)24-18-12-10-17(11-13-18)23-16-6-2-1-3-7-16/h4-5,8-13,16,23H,1-3,6-7,14-15H2,(H,24,26). The number of carbonyl (C=O) groups excluding carboxylic acids is 2. The molecule has 28 heavy (non-hydrogen) atoms. The summed E-state index contributed by atoms with van der Waals surface area (Å²) in [5.74, 6) is 0.159. The second-order valence-electron chi connectivity index (χ2n) is 7.34. The first-order valence-electron chi connectivity index (χ1n) is 9.88. The third kappa shape index (κ3) is 4.27. The maximum Gasteiger partial charge on any atom is 0.265 e. The Morgan fingerprint density at radius 1 is 1.00 bits per heavy atom. The van der Waals surface area contributed by atoms with Gasteiger partial charge in [-0.05, 0) is 49.2 Å². The molecule has 2 aliphatic rings. The van der Waals surface area contributed by atoms with Crippen molar-refractivity contribution >= 4 is 28.9 Å². The highest BCUT2D eigenvalue weighted by Crippen LogP contribution is 2.31. The number of rotatable bonds is 5. The largest absolute Gasteiger partial charge is 0.482 e. The van der Waals surface area contributed by atoms with Gasteiger partial charge in [0.2, 0.25) is 5.91 Å². The van der Waals surface area contributed by atoms with E-state index < -0.39 is 0 Å². The first-order chi connectivity index (χ1) is 13.7. The topological polar surface area (TPSA) is 70.7 Å². The molecule has 6 heteroatoms. The molecule has 0 bridgehead atoms. The summed E-state index contributed by atoms with van der Waals surface area (Å²) < 4.78 is 5.41. The number of benzene rings is 2. The predicted molar refractivity (Wildman–Crippen MR) is 110 cm³/mol. The van der Waals surface area contributed by atoms with Gasteiger partial charge in [-0.3, -0.25) is 14.5 Å². The van der Waals surface area contributed by atoms with E-state index >= 15 is 0 Å². The number of para-hydroxylation sites is 2. The summed E-state index contributed by atoms with van der Waals surface area (Å²) in [6.45, 7) is -0.0902. The van der Waals surface area contributed by atoms with Crippen LogP contribution in [0.15, 0.2) is 48.5 Å². The minimum Gasteiger partial charge on any atom is -0.482 e. The molecule has 0 spiro atoms. The molecule has 0 saturated heterocycles. The maximum atomic E-state index is 12.5. The van der Waals surface area contributed by atoms with Crippen LogP contribution in [0.5, 0.6) is 5.75 Å².